The molecule has 0 unspecified atom stereocenters. The van der Waals surface area contributed by atoms with Crippen LogP contribution in [-0.4, -0.2) is 39.9 Å². The van der Waals surface area contributed by atoms with Crippen LogP contribution in [0.3, 0.4) is 0 Å². The van der Waals surface area contributed by atoms with Crippen LogP contribution in [0, 0.1) is 0 Å². The fourth-order valence-electron chi connectivity index (χ4n) is 1.46. The number of hydrogen-bond acceptors (Lipinski definition) is 3. The number of nitrogens with zero attached hydrogens (tertiary/aromatic N) is 3. The average molecular weight is 264 g/mol. The predicted molar refractivity (Wildman–Crippen MR) is 59.9 cm³/mol. The second-order valence-electron chi connectivity index (χ2n) is 3.72. The number of anilines is 1. The first kappa shape index (κ1) is 14.3. The van der Waals surface area contributed by atoms with Crippen molar-refractivity contribution in [1.82, 2.24) is 14.7 Å². The van der Waals surface area contributed by atoms with E-state index < -0.39 is 18.6 Å². The van der Waals surface area contributed by atoms with Gasteiger partial charge in [-0.2, -0.15) is 18.3 Å². The normalized spacial score (nSPS) is 11.6. The van der Waals surface area contributed by atoms with E-state index in [-0.39, 0.29) is 17.9 Å². The number of rotatable bonds is 4. The van der Waals surface area contributed by atoms with E-state index in [0.717, 1.165) is 0 Å². The lowest BCUT2D eigenvalue weighted by molar-refractivity contribution is -0.140. The van der Waals surface area contributed by atoms with Gasteiger partial charge in [-0.3, -0.25) is 9.48 Å². The molecule has 0 aliphatic carbocycles. The number of hydrogen-bond donors (Lipinski definition) is 1. The number of alkyl halides is 3. The Morgan fingerprint density at radius 3 is 2.50 bits per heavy atom. The third-order valence-electron chi connectivity index (χ3n) is 2.36. The molecular weight excluding hydrogens is 249 g/mol. The smallest absolute Gasteiger partial charge is 0.396 e. The molecule has 5 nitrogen and oxygen atoms in total. The molecule has 1 heterocycles. The number of amides is 1. The Labute approximate surface area is 102 Å². The summed E-state index contributed by atoms with van der Waals surface area (Å²) < 4.78 is 38.3. The summed E-state index contributed by atoms with van der Waals surface area (Å²) in [5.74, 6) is -0.806. The molecule has 1 amide bonds. The molecule has 0 fully saturated rings. The fraction of sp³-hybridized carbons (Fsp3) is 0.600. The first-order valence-electron chi connectivity index (χ1n) is 5.47. The van der Waals surface area contributed by atoms with E-state index in [2.05, 4.69) is 5.10 Å². The molecular formula is C10H15F3N4O. The van der Waals surface area contributed by atoms with Crippen molar-refractivity contribution in [2.24, 2.45) is 0 Å². The van der Waals surface area contributed by atoms with Gasteiger partial charge in [-0.15, -0.1) is 0 Å². The number of nitrogens with two attached hydrogens (primary N) is 1. The van der Waals surface area contributed by atoms with Crippen LogP contribution < -0.4 is 5.73 Å². The quantitative estimate of drug-likeness (QED) is 0.896. The van der Waals surface area contributed by atoms with E-state index in [1.165, 1.54) is 17.8 Å². The van der Waals surface area contributed by atoms with Crippen molar-refractivity contribution in [3.8, 4) is 0 Å². The lowest BCUT2D eigenvalue weighted by Crippen LogP contribution is -2.39. The van der Waals surface area contributed by atoms with E-state index >= 15 is 0 Å². The van der Waals surface area contributed by atoms with Crippen LogP contribution in [0.15, 0.2) is 6.20 Å². The number of carbonyl (C=O) groups is 1. The Bertz CT molecular complexity index is 427. The van der Waals surface area contributed by atoms with Gasteiger partial charge in [0.1, 0.15) is 6.54 Å². The Morgan fingerprint density at radius 1 is 1.50 bits per heavy atom. The van der Waals surface area contributed by atoms with E-state index in [4.69, 9.17) is 5.73 Å². The van der Waals surface area contributed by atoms with Crippen LogP contribution in [0.4, 0.5) is 18.9 Å². The SMILES string of the molecule is CCN(CC(F)(F)F)C(=O)c1nn(CC)cc1N. The molecule has 0 aromatic carbocycles. The highest BCUT2D eigenvalue weighted by Crippen LogP contribution is 2.19. The van der Waals surface area contributed by atoms with Crippen molar-refractivity contribution in [2.75, 3.05) is 18.8 Å². The Morgan fingerprint density at radius 2 is 2.11 bits per heavy atom. The highest BCUT2D eigenvalue weighted by molar-refractivity contribution is 5.97. The van der Waals surface area contributed by atoms with Gasteiger partial charge in [-0.25, -0.2) is 0 Å². The summed E-state index contributed by atoms with van der Waals surface area (Å²) in [5.41, 5.74) is 5.51. The minimum Gasteiger partial charge on any atom is -0.396 e. The maximum absolute atomic E-state index is 12.3. The van der Waals surface area contributed by atoms with Crippen molar-refractivity contribution in [3.05, 3.63) is 11.9 Å². The summed E-state index contributed by atoms with van der Waals surface area (Å²) in [6.45, 7) is 2.38. The van der Waals surface area contributed by atoms with Crippen LogP contribution in [0.5, 0.6) is 0 Å². The third-order valence-corrected chi connectivity index (χ3v) is 2.36. The molecule has 1 aromatic heterocycles. The van der Waals surface area contributed by atoms with Crippen LogP contribution in [-0.2, 0) is 6.54 Å². The molecule has 0 radical (unpaired) electrons. The molecule has 1 aromatic rings. The molecule has 0 saturated carbocycles. The van der Waals surface area contributed by atoms with Gasteiger partial charge in [0.2, 0.25) is 0 Å². The summed E-state index contributed by atoms with van der Waals surface area (Å²) in [7, 11) is 0. The number of aromatic nitrogens is 2. The molecule has 0 atom stereocenters. The molecule has 102 valence electrons. The standard InChI is InChI=1S/C10H15F3N4O/c1-3-16(6-10(11,12)13)9(18)8-7(14)5-17(4-2)15-8/h5H,3-4,6,14H2,1-2H3. The van der Waals surface area contributed by atoms with Crippen molar-refractivity contribution in [2.45, 2.75) is 26.6 Å². The average Bonchev–Trinajstić information content (AvgIpc) is 2.65. The number of carbonyl (C=O) groups excluding carboxylic acids is 1. The van der Waals surface area contributed by atoms with E-state index in [0.29, 0.717) is 11.4 Å². The zero-order valence-electron chi connectivity index (χ0n) is 10.2. The van der Waals surface area contributed by atoms with Gasteiger partial charge in [0, 0.05) is 19.3 Å². The lowest BCUT2D eigenvalue weighted by Gasteiger charge is -2.21. The molecule has 0 spiro atoms. The Balaban J connectivity index is 2.93. The van der Waals surface area contributed by atoms with E-state index in [1.807, 2.05) is 0 Å². The summed E-state index contributed by atoms with van der Waals surface area (Å²) in [4.78, 5) is 12.5. The summed E-state index contributed by atoms with van der Waals surface area (Å²) in [5, 5.41) is 3.86. The zero-order chi connectivity index (χ0) is 13.9. The maximum atomic E-state index is 12.3. The maximum Gasteiger partial charge on any atom is 0.406 e. The zero-order valence-corrected chi connectivity index (χ0v) is 10.2. The van der Waals surface area contributed by atoms with E-state index in [1.54, 1.807) is 6.92 Å². The van der Waals surface area contributed by atoms with Crippen molar-refractivity contribution in [1.29, 1.82) is 0 Å². The molecule has 0 saturated heterocycles. The first-order chi connectivity index (χ1) is 8.28. The number of halogens is 3. The monoisotopic (exact) mass is 264 g/mol. The second-order valence-corrected chi connectivity index (χ2v) is 3.72. The van der Waals surface area contributed by atoms with Crippen LogP contribution >= 0.6 is 0 Å². The molecule has 2 N–H and O–H groups in total. The molecule has 0 bridgehead atoms. The molecule has 18 heavy (non-hydrogen) atoms. The summed E-state index contributed by atoms with van der Waals surface area (Å²) >= 11 is 0. The minimum atomic E-state index is -4.44. The Hall–Kier alpha value is -1.73. The fourth-order valence-corrected chi connectivity index (χ4v) is 1.46. The van der Waals surface area contributed by atoms with Gasteiger partial charge in [-0.05, 0) is 13.8 Å². The van der Waals surface area contributed by atoms with Gasteiger partial charge >= 0.3 is 6.18 Å². The Kier molecular flexibility index (Phi) is 4.20. The second kappa shape index (κ2) is 5.28. The highest BCUT2D eigenvalue weighted by atomic mass is 19.4. The van der Waals surface area contributed by atoms with Gasteiger partial charge in [0.25, 0.3) is 5.91 Å². The van der Waals surface area contributed by atoms with Crippen molar-refractivity contribution in [3.63, 3.8) is 0 Å². The molecule has 8 heteroatoms. The van der Waals surface area contributed by atoms with Gasteiger partial charge < -0.3 is 10.6 Å². The third kappa shape index (κ3) is 3.38. The summed E-state index contributed by atoms with van der Waals surface area (Å²) in [6.07, 6.45) is -3.01. The topological polar surface area (TPSA) is 64.2 Å². The molecule has 1 rings (SSSR count). The predicted octanol–water partition coefficient (Wildman–Crippen LogP) is 1.51. The molecule has 0 aliphatic heterocycles. The van der Waals surface area contributed by atoms with E-state index in [9.17, 15) is 18.0 Å². The minimum absolute atomic E-state index is 0.0588. The highest BCUT2D eigenvalue weighted by Gasteiger charge is 2.33. The number of aryl methyl sites for hydroxylation is 1. The largest absolute Gasteiger partial charge is 0.406 e. The van der Waals surface area contributed by atoms with Crippen LogP contribution in [0.1, 0.15) is 24.3 Å². The van der Waals surface area contributed by atoms with Crippen LogP contribution in [0.2, 0.25) is 0 Å². The first-order valence-corrected chi connectivity index (χ1v) is 5.47. The van der Waals surface area contributed by atoms with Crippen molar-refractivity contribution >= 4 is 11.6 Å². The molecule has 0 aliphatic rings. The van der Waals surface area contributed by atoms with Crippen molar-refractivity contribution < 1.29 is 18.0 Å². The van der Waals surface area contributed by atoms with Gasteiger partial charge in [-0.1, -0.05) is 0 Å². The number of nitrogen functional groups attached to an aromatic ring is 1. The summed E-state index contributed by atoms with van der Waals surface area (Å²) in [6, 6.07) is 0. The lowest BCUT2D eigenvalue weighted by atomic mass is 10.3. The van der Waals surface area contributed by atoms with Gasteiger partial charge in [0.05, 0.1) is 5.69 Å². The van der Waals surface area contributed by atoms with Crippen LogP contribution in [0.25, 0.3) is 0 Å². The van der Waals surface area contributed by atoms with Gasteiger partial charge in [0.15, 0.2) is 5.69 Å².